The van der Waals surface area contributed by atoms with Crippen molar-refractivity contribution in [3.05, 3.63) is 187 Å². The van der Waals surface area contributed by atoms with E-state index in [0.29, 0.717) is 5.84 Å². The minimum absolute atomic E-state index is 0.291. The fraction of sp³-hybridized carbons (Fsp3) is 0.0222. The molecule has 1 N–H and O–H groups in total. The first-order chi connectivity index (χ1) is 24.8. The highest BCUT2D eigenvalue weighted by atomic mass is 16.3. The third kappa shape index (κ3) is 4.63. The van der Waals surface area contributed by atoms with Crippen LogP contribution in [0.2, 0.25) is 0 Å². The zero-order chi connectivity index (χ0) is 33.0. The summed E-state index contributed by atoms with van der Waals surface area (Å²) in [6.45, 7) is 0. The highest BCUT2D eigenvalue weighted by Crippen LogP contribution is 2.38. The van der Waals surface area contributed by atoms with Gasteiger partial charge in [0.05, 0.1) is 16.7 Å². The van der Waals surface area contributed by atoms with E-state index >= 15 is 0 Å². The van der Waals surface area contributed by atoms with E-state index in [4.69, 9.17) is 14.4 Å². The number of hydrogen-bond donors (Lipinski definition) is 1. The molecule has 1 aliphatic heterocycles. The number of nitrogens with one attached hydrogen (secondary N) is 1. The Labute approximate surface area is 288 Å². The summed E-state index contributed by atoms with van der Waals surface area (Å²) in [6.07, 6.45) is -0.291. The Morgan fingerprint density at radius 2 is 1.10 bits per heavy atom. The molecular formula is C45H30N4O. The maximum absolute atomic E-state index is 6.77. The summed E-state index contributed by atoms with van der Waals surface area (Å²) in [4.78, 5) is 10.2. The maximum Gasteiger partial charge on any atom is 0.159 e. The van der Waals surface area contributed by atoms with Gasteiger partial charge in [0.1, 0.15) is 17.6 Å². The number of benzene rings is 7. The van der Waals surface area contributed by atoms with Gasteiger partial charge in [-0.05, 0) is 47.0 Å². The molecule has 0 fully saturated rings. The minimum atomic E-state index is -0.291. The van der Waals surface area contributed by atoms with Crippen LogP contribution in [0.5, 0.6) is 0 Å². The molecule has 0 amide bonds. The number of rotatable bonds is 5. The lowest BCUT2D eigenvalue weighted by Gasteiger charge is -2.23. The van der Waals surface area contributed by atoms with E-state index in [1.807, 2.05) is 24.3 Å². The van der Waals surface area contributed by atoms with Crippen LogP contribution in [-0.4, -0.2) is 16.2 Å². The van der Waals surface area contributed by atoms with Crippen LogP contribution < -0.4 is 5.32 Å². The fourth-order valence-corrected chi connectivity index (χ4v) is 7.26. The normalized spacial score (nSPS) is 14.6. The van der Waals surface area contributed by atoms with Crippen molar-refractivity contribution in [3.63, 3.8) is 0 Å². The van der Waals surface area contributed by atoms with E-state index in [1.165, 1.54) is 16.3 Å². The van der Waals surface area contributed by atoms with Crippen molar-refractivity contribution in [1.29, 1.82) is 0 Å². The summed E-state index contributed by atoms with van der Waals surface area (Å²) in [5, 5.41) is 8.16. The van der Waals surface area contributed by atoms with Crippen molar-refractivity contribution >= 4 is 55.4 Å². The van der Waals surface area contributed by atoms with Gasteiger partial charge in [-0.1, -0.05) is 140 Å². The number of hydrogen-bond acceptors (Lipinski definition) is 4. The van der Waals surface area contributed by atoms with Crippen molar-refractivity contribution in [3.8, 4) is 16.8 Å². The average molecular weight is 643 g/mol. The van der Waals surface area contributed by atoms with E-state index in [-0.39, 0.29) is 6.17 Å². The Kier molecular flexibility index (Phi) is 6.49. The molecule has 0 bridgehead atoms. The Balaban J connectivity index is 1.10. The van der Waals surface area contributed by atoms with Crippen LogP contribution in [0.15, 0.2) is 184 Å². The smallest absolute Gasteiger partial charge is 0.159 e. The van der Waals surface area contributed by atoms with E-state index in [2.05, 4.69) is 155 Å². The molecule has 0 saturated heterocycles. The molecule has 5 nitrogen and oxygen atoms in total. The molecule has 3 heterocycles. The van der Waals surface area contributed by atoms with Crippen LogP contribution in [0.3, 0.4) is 0 Å². The number of para-hydroxylation sites is 3. The zero-order valence-corrected chi connectivity index (χ0v) is 27.0. The molecule has 0 radical (unpaired) electrons. The molecular weight excluding hydrogens is 613 g/mol. The summed E-state index contributed by atoms with van der Waals surface area (Å²) in [5.41, 5.74) is 10.3. The van der Waals surface area contributed by atoms with Gasteiger partial charge in [-0.2, -0.15) is 0 Å². The summed E-state index contributed by atoms with van der Waals surface area (Å²) in [7, 11) is 0. The highest BCUT2D eigenvalue weighted by Gasteiger charge is 2.23. The molecule has 1 atom stereocenters. The number of amidine groups is 2. The predicted molar refractivity (Wildman–Crippen MR) is 205 cm³/mol. The lowest BCUT2D eigenvalue weighted by atomic mass is 10.0. The zero-order valence-electron chi connectivity index (χ0n) is 27.0. The van der Waals surface area contributed by atoms with Gasteiger partial charge in [0.15, 0.2) is 11.4 Å². The Morgan fingerprint density at radius 1 is 0.500 bits per heavy atom. The molecule has 0 aliphatic carbocycles. The van der Waals surface area contributed by atoms with Gasteiger partial charge in [0.2, 0.25) is 0 Å². The SMILES string of the molecule is c1ccc(-c2ccc(C3=NC(c4ccc5c(c4)oc4c(-n6c7ccccc7c7ccccc76)cccc45)=NC(c4ccccc4)N3)cc2)cc1. The summed E-state index contributed by atoms with van der Waals surface area (Å²) >= 11 is 0. The number of furan rings is 1. The van der Waals surface area contributed by atoms with E-state index in [9.17, 15) is 0 Å². The molecule has 7 aromatic carbocycles. The molecule has 0 spiro atoms. The summed E-state index contributed by atoms with van der Waals surface area (Å²) in [5.74, 6) is 1.44. The van der Waals surface area contributed by atoms with E-state index in [1.54, 1.807) is 0 Å². The van der Waals surface area contributed by atoms with Crippen molar-refractivity contribution in [2.45, 2.75) is 6.17 Å². The number of fused-ring (bicyclic) bond motifs is 6. The van der Waals surface area contributed by atoms with Crippen LogP contribution >= 0.6 is 0 Å². The molecule has 236 valence electrons. The van der Waals surface area contributed by atoms with Gasteiger partial charge in [-0.25, -0.2) is 9.98 Å². The van der Waals surface area contributed by atoms with Gasteiger partial charge < -0.3 is 14.3 Å². The summed E-state index contributed by atoms with van der Waals surface area (Å²) in [6, 6.07) is 59.1. The van der Waals surface area contributed by atoms with Gasteiger partial charge in [-0.3, -0.25) is 0 Å². The molecule has 1 aliphatic rings. The highest BCUT2D eigenvalue weighted by molar-refractivity contribution is 6.16. The van der Waals surface area contributed by atoms with Crippen molar-refractivity contribution in [2.75, 3.05) is 0 Å². The van der Waals surface area contributed by atoms with Gasteiger partial charge in [0, 0.05) is 32.7 Å². The van der Waals surface area contributed by atoms with E-state index in [0.717, 1.165) is 66.7 Å². The van der Waals surface area contributed by atoms with Crippen molar-refractivity contribution in [1.82, 2.24) is 9.88 Å². The second kappa shape index (κ2) is 11.5. The third-order valence-electron chi connectivity index (χ3n) is 9.68. The van der Waals surface area contributed by atoms with Crippen LogP contribution in [0, 0.1) is 0 Å². The Hall–Kier alpha value is -6.72. The first kappa shape index (κ1) is 28.3. The topological polar surface area (TPSA) is 54.8 Å². The van der Waals surface area contributed by atoms with Crippen molar-refractivity contribution in [2.24, 2.45) is 9.98 Å². The first-order valence-corrected chi connectivity index (χ1v) is 16.9. The molecule has 1 unspecified atom stereocenters. The van der Waals surface area contributed by atoms with Crippen LogP contribution in [-0.2, 0) is 0 Å². The monoisotopic (exact) mass is 642 g/mol. The fourth-order valence-electron chi connectivity index (χ4n) is 7.26. The van der Waals surface area contributed by atoms with Crippen molar-refractivity contribution < 1.29 is 4.42 Å². The largest absolute Gasteiger partial charge is 0.454 e. The van der Waals surface area contributed by atoms with Crippen LogP contribution in [0.25, 0.3) is 60.6 Å². The number of nitrogens with zero attached hydrogens (tertiary/aromatic N) is 3. The Morgan fingerprint density at radius 3 is 1.84 bits per heavy atom. The Bertz CT molecular complexity index is 2720. The van der Waals surface area contributed by atoms with Crippen LogP contribution in [0.4, 0.5) is 0 Å². The van der Waals surface area contributed by atoms with Crippen LogP contribution in [0.1, 0.15) is 22.9 Å². The maximum atomic E-state index is 6.77. The van der Waals surface area contributed by atoms with Gasteiger partial charge in [-0.15, -0.1) is 0 Å². The predicted octanol–water partition coefficient (Wildman–Crippen LogP) is 10.8. The average Bonchev–Trinajstić information content (AvgIpc) is 3.74. The number of aromatic nitrogens is 1. The van der Waals surface area contributed by atoms with Gasteiger partial charge in [0.25, 0.3) is 0 Å². The second-order valence-electron chi connectivity index (χ2n) is 12.7. The molecule has 0 saturated carbocycles. The quantitative estimate of drug-likeness (QED) is 0.203. The molecule has 50 heavy (non-hydrogen) atoms. The first-order valence-electron chi connectivity index (χ1n) is 16.9. The molecule has 2 aromatic heterocycles. The lowest BCUT2D eigenvalue weighted by Crippen LogP contribution is -2.33. The summed E-state index contributed by atoms with van der Waals surface area (Å²) < 4.78 is 9.09. The molecule has 5 heteroatoms. The molecule has 9 aromatic rings. The second-order valence-corrected chi connectivity index (χ2v) is 12.7. The van der Waals surface area contributed by atoms with Gasteiger partial charge >= 0.3 is 0 Å². The minimum Gasteiger partial charge on any atom is -0.454 e. The van der Waals surface area contributed by atoms with E-state index < -0.39 is 0 Å². The lowest BCUT2D eigenvalue weighted by molar-refractivity contribution is 0.665. The molecule has 10 rings (SSSR count). The number of aliphatic imine (C=N–C) groups is 2. The standard InChI is InChI=1S/C45H30N4O/c1-3-12-29(13-4-1)30-22-24-32(25-23-30)44-46-43(31-14-5-2-6-15-31)47-45(48-44)33-26-27-36-37-18-11-21-40(42(37)50-41(36)28-33)49-38-19-9-7-16-34(38)35-17-8-10-20-39(35)49/h1-28,43H,(H,46,47,48). The third-order valence-corrected chi connectivity index (χ3v) is 9.68.